The Morgan fingerprint density at radius 1 is 0.900 bits per heavy atom. The highest BCUT2D eigenvalue weighted by atomic mass is 16.2. The van der Waals surface area contributed by atoms with E-state index in [0.717, 1.165) is 0 Å². The molecule has 4 heteroatoms. The third-order valence-corrected chi connectivity index (χ3v) is 1.31. The maximum Gasteiger partial charge on any atom is 0.258 e. The van der Waals surface area contributed by atoms with Crippen LogP contribution in [0.1, 0.15) is 0 Å². The summed E-state index contributed by atoms with van der Waals surface area (Å²) in [4.78, 5) is 21.4. The molecule has 2 aliphatic heterocycles. The highest BCUT2D eigenvalue weighted by molar-refractivity contribution is 6.15. The van der Waals surface area contributed by atoms with Crippen LogP contribution in [0.25, 0.3) is 0 Å². The third kappa shape index (κ3) is 0.452. The van der Waals surface area contributed by atoms with Gasteiger partial charge in [-0.25, -0.2) is 0 Å². The molecule has 2 amide bonds. The normalized spacial score (nSPS) is 21.2. The van der Waals surface area contributed by atoms with E-state index in [9.17, 15) is 9.59 Å². The van der Waals surface area contributed by atoms with Crippen molar-refractivity contribution in [1.82, 2.24) is 10.6 Å². The molecule has 0 aromatic heterocycles. The predicted molar refractivity (Wildman–Crippen MR) is 29.8 cm³/mol. The number of hydrogen-bond donors (Lipinski definition) is 2. The maximum absolute atomic E-state index is 10.7. The van der Waals surface area contributed by atoms with Crippen molar-refractivity contribution in [2.24, 2.45) is 0 Å². The van der Waals surface area contributed by atoms with Crippen LogP contribution in [0.5, 0.6) is 0 Å². The predicted octanol–water partition coefficient (Wildman–Crippen LogP) is -1.38. The summed E-state index contributed by atoms with van der Waals surface area (Å²) in [5.41, 5.74) is 0.509. The zero-order valence-electron chi connectivity index (χ0n) is 4.82. The number of rotatable bonds is 0. The van der Waals surface area contributed by atoms with Gasteiger partial charge in [-0.15, -0.1) is 0 Å². The summed E-state index contributed by atoms with van der Waals surface area (Å²) >= 11 is 0. The molecule has 2 aliphatic rings. The van der Waals surface area contributed by atoms with Crippen LogP contribution in [0.4, 0.5) is 0 Å². The summed E-state index contributed by atoms with van der Waals surface area (Å²) < 4.78 is 0. The molecule has 2 N–H and O–H groups in total. The Hall–Kier alpha value is -1.58. The molecule has 0 atom stereocenters. The first-order valence-corrected chi connectivity index (χ1v) is 2.66. The molecule has 2 radical (unpaired) electrons. The second kappa shape index (κ2) is 1.47. The fourth-order valence-corrected chi connectivity index (χ4v) is 0.829. The number of carbonyl (C=O) groups excluding carboxylic acids is 2. The van der Waals surface area contributed by atoms with E-state index < -0.39 is 0 Å². The second-order valence-corrected chi connectivity index (χ2v) is 1.91. The van der Waals surface area contributed by atoms with Crippen LogP contribution in [-0.4, -0.2) is 11.8 Å². The van der Waals surface area contributed by atoms with Gasteiger partial charge < -0.3 is 10.6 Å². The highest BCUT2D eigenvalue weighted by Crippen LogP contribution is 2.17. The number of hydrogen-bond acceptors (Lipinski definition) is 2. The first kappa shape index (κ1) is 5.22. The van der Waals surface area contributed by atoms with E-state index in [1.54, 1.807) is 0 Å². The van der Waals surface area contributed by atoms with Crippen molar-refractivity contribution in [3.8, 4) is 0 Å². The lowest BCUT2D eigenvalue weighted by Gasteiger charge is -1.83. The molecule has 0 fully saturated rings. The third-order valence-electron chi connectivity index (χ3n) is 1.31. The molecule has 0 aliphatic carbocycles. The molecule has 2 heterocycles. The molecule has 0 unspecified atom stereocenters. The van der Waals surface area contributed by atoms with E-state index in [1.165, 1.54) is 0 Å². The smallest absolute Gasteiger partial charge is 0.258 e. The van der Waals surface area contributed by atoms with Crippen LogP contribution < -0.4 is 10.6 Å². The zero-order valence-corrected chi connectivity index (χ0v) is 4.82. The zero-order chi connectivity index (χ0) is 7.14. The molecular weight excluding hydrogens is 132 g/mol. The van der Waals surface area contributed by atoms with Crippen LogP contribution in [0.15, 0.2) is 11.1 Å². The molecule has 0 saturated heterocycles. The van der Waals surface area contributed by atoms with Crippen molar-refractivity contribution in [2.45, 2.75) is 0 Å². The largest absolute Gasteiger partial charge is 0.319 e. The fourth-order valence-electron chi connectivity index (χ4n) is 0.829. The topological polar surface area (TPSA) is 58.2 Å². The van der Waals surface area contributed by atoms with Gasteiger partial charge in [0.15, 0.2) is 0 Å². The van der Waals surface area contributed by atoms with Crippen LogP contribution >= 0.6 is 0 Å². The van der Waals surface area contributed by atoms with Crippen LogP contribution in [0.2, 0.25) is 0 Å². The fraction of sp³-hybridized carbons (Fsp3) is 0. The van der Waals surface area contributed by atoms with Gasteiger partial charge in [0.25, 0.3) is 11.8 Å². The average molecular weight is 134 g/mol. The highest BCUT2D eigenvalue weighted by Gasteiger charge is 2.31. The standard InChI is InChI=1S/C6H2N2O2/c9-5-3-1-7-6(10)4(3)2-8-5/h(H,7,10)(H,8,9). The Balaban J connectivity index is 2.50. The number of nitrogens with one attached hydrogen (secondary N) is 2. The number of amides is 2. The maximum atomic E-state index is 10.7. The molecule has 0 saturated carbocycles. The number of fused-ring (bicyclic) bond motifs is 1. The van der Waals surface area contributed by atoms with Crippen LogP contribution in [0.3, 0.4) is 0 Å². The monoisotopic (exact) mass is 134 g/mol. The van der Waals surface area contributed by atoms with E-state index in [2.05, 4.69) is 23.0 Å². The molecular formula is C6H2N2O2. The first-order valence-electron chi connectivity index (χ1n) is 2.66. The van der Waals surface area contributed by atoms with Gasteiger partial charge >= 0.3 is 0 Å². The van der Waals surface area contributed by atoms with Crippen molar-refractivity contribution in [3.05, 3.63) is 23.5 Å². The quantitative estimate of drug-likeness (QED) is 0.429. The molecule has 4 nitrogen and oxygen atoms in total. The lowest BCUT2D eigenvalue weighted by atomic mass is 10.2. The van der Waals surface area contributed by atoms with Crippen molar-refractivity contribution >= 4 is 11.8 Å². The Morgan fingerprint density at radius 3 is 1.70 bits per heavy atom. The van der Waals surface area contributed by atoms with Gasteiger partial charge in [0, 0.05) is 0 Å². The van der Waals surface area contributed by atoms with E-state index in [-0.39, 0.29) is 23.0 Å². The minimum absolute atomic E-state index is 0.255. The van der Waals surface area contributed by atoms with E-state index in [1.807, 2.05) is 0 Å². The molecule has 0 aromatic carbocycles. The van der Waals surface area contributed by atoms with Crippen molar-refractivity contribution < 1.29 is 9.59 Å². The van der Waals surface area contributed by atoms with Crippen LogP contribution in [0, 0.1) is 12.4 Å². The van der Waals surface area contributed by atoms with Gasteiger partial charge in [-0.2, -0.15) is 0 Å². The average Bonchev–Trinajstić information content (AvgIpc) is 2.41. The Labute approximate surface area is 56.6 Å². The van der Waals surface area contributed by atoms with Gasteiger partial charge in [-0.1, -0.05) is 0 Å². The molecule has 0 spiro atoms. The minimum atomic E-state index is -0.326. The lowest BCUT2D eigenvalue weighted by Crippen LogP contribution is -2.14. The Kier molecular flexibility index (Phi) is 0.768. The van der Waals surface area contributed by atoms with Gasteiger partial charge in [-0.3, -0.25) is 9.59 Å². The molecule has 0 aromatic rings. The van der Waals surface area contributed by atoms with E-state index in [0.29, 0.717) is 0 Å². The van der Waals surface area contributed by atoms with Gasteiger partial charge in [-0.05, 0) is 0 Å². The Bertz CT molecular complexity index is 258. The second-order valence-electron chi connectivity index (χ2n) is 1.91. The molecule has 2 rings (SSSR count). The first-order chi connectivity index (χ1) is 4.79. The van der Waals surface area contributed by atoms with E-state index >= 15 is 0 Å². The summed E-state index contributed by atoms with van der Waals surface area (Å²) in [5, 5.41) is 4.53. The summed E-state index contributed by atoms with van der Waals surface area (Å²) in [6.07, 6.45) is 4.85. The summed E-state index contributed by atoms with van der Waals surface area (Å²) in [6, 6.07) is 0. The number of carbonyl (C=O) groups is 2. The lowest BCUT2D eigenvalue weighted by molar-refractivity contribution is -0.117. The SMILES string of the molecule is O=C1N[C]=C2C(=O)N[C]=C12. The van der Waals surface area contributed by atoms with Crippen molar-refractivity contribution in [2.75, 3.05) is 0 Å². The Morgan fingerprint density at radius 2 is 1.30 bits per heavy atom. The van der Waals surface area contributed by atoms with E-state index in [4.69, 9.17) is 0 Å². The van der Waals surface area contributed by atoms with Gasteiger partial charge in [0.1, 0.15) is 0 Å². The molecule has 0 bridgehead atoms. The van der Waals surface area contributed by atoms with Gasteiger partial charge in [0.05, 0.1) is 23.5 Å². The van der Waals surface area contributed by atoms with Crippen molar-refractivity contribution in [3.63, 3.8) is 0 Å². The van der Waals surface area contributed by atoms with Gasteiger partial charge in [0.2, 0.25) is 0 Å². The summed E-state index contributed by atoms with van der Waals surface area (Å²) in [7, 11) is 0. The molecule has 10 heavy (non-hydrogen) atoms. The van der Waals surface area contributed by atoms with Crippen LogP contribution in [-0.2, 0) is 9.59 Å². The minimum Gasteiger partial charge on any atom is -0.319 e. The summed E-state index contributed by atoms with van der Waals surface area (Å²) in [6.45, 7) is 0. The molecule has 48 valence electrons. The van der Waals surface area contributed by atoms with Crippen molar-refractivity contribution in [1.29, 1.82) is 0 Å². The summed E-state index contributed by atoms with van der Waals surface area (Å²) in [5.74, 6) is -0.651.